The van der Waals surface area contributed by atoms with E-state index in [0.29, 0.717) is 18.8 Å². The fourth-order valence-electron chi connectivity index (χ4n) is 7.76. The van der Waals surface area contributed by atoms with Crippen molar-refractivity contribution in [2.24, 2.45) is 17.8 Å². The Morgan fingerprint density at radius 2 is 1.61 bits per heavy atom. The highest BCUT2D eigenvalue weighted by molar-refractivity contribution is 5.90. The van der Waals surface area contributed by atoms with Crippen LogP contribution in [-0.4, -0.2) is 36.9 Å². The SMILES string of the molecule is CCOC(=O)c1ccc(C=C(C)c2ccc(CCCOCC(=O)O)c(C34CC5CC(CC(C5)C3)C4)c2)cc1. The Hall–Kier alpha value is -2.92. The molecule has 4 bridgehead atoms. The average molecular weight is 517 g/mol. The van der Waals surface area contributed by atoms with Gasteiger partial charge in [0.05, 0.1) is 12.2 Å². The second-order valence-corrected chi connectivity index (χ2v) is 11.8. The summed E-state index contributed by atoms with van der Waals surface area (Å²) in [5.74, 6) is 1.40. The molecule has 5 nitrogen and oxygen atoms in total. The zero-order valence-corrected chi connectivity index (χ0v) is 22.7. The Balaban J connectivity index is 1.40. The van der Waals surface area contributed by atoms with E-state index >= 15 is 0 Å². The largest absolute Gasteiger partial charge is 0.480 e. The number of ether oxygens (including phenoxy) is 2. The first-order chi connectivity index (χ1) is 18.3. The van der Waals surface area contributed by atoms with E-state index < -0.39 is 5.97 Å². The summed E-state index contributed by atoms with van der Waals surface area (Å²) in [4.78, 5) is 22.8. The van der Waals surface area contributed by atoms with E-state index in [1.807, 2.05) is 31.2 Å². The summed E-state index contributed by atoms with van der Waals surface area (Å²) in [7, 11) is 0. The van der Waals surface area contributed by atoms with Gasteiger partial charge in [0.2, 0.25) is 0 Å². The van der Waals surface area contributed by atoms with Crippen LogP contribution in [0.15, 0.2) is 42.5 Å². The Morgan fingerprint density at radius 1 is 0.974 bits per heavy atom. The highest BCUT2D eigenvalue weighted by Crippen LogP contribution is 2.61. The molecular formula is C33H40O5. The molecule has 2 aromatic rings. The molecule has 0 radical (unpaired) electrons. The van der Waals surface area contributed by atoms with Gasteiger partial charge in [-0.1, -0.05) is 36.4 Å². The quantitative estimate of drug-likeness (QED) is 0.199. The minimum Gasteiger partial charge on any atom is -0.480 e. The first kappa shape index (κ1) is 26.7. The van der Waals surface area contributed by atoms with Crippen LogP contribution in [0.1, 0.15) is 91.4 Å². The number of benzene rings is 2. The Bertz CT molecular complexity index is 1160. The number of carbonyl (C=O) groups is 2. The lowest BCUT2D eigenvalue weighted by molar-refractivity contribution is -0.142. The van der Waals surface area contributed by atoms with Gasteiger partial charge in [-0.3, -0.25) is 0 Å². The maximum absolute atomic E-state index is 12.0. The number of esters is 1. The molecule has 4 fully saturated rings. The van der Waals surface area contributed by atoms with Crippen LogP contribution < -0.4 is 0 Å². The van der Waals surface area contributed by atoms with E-state index in [0.717, 1.165) is 36.2 Å². The molecule has 5 heteroatoms. The van der Waals surface area contributed by atoms with Crippen molar-refractivity contribution < 1.29 is 24.2 Å². The van der Waals surface area contributed by atoms with Crippen molar-refractivity contribution in [2.45, 2.75) is 70.6 Å². The van der Waals surface area contributed by atoms with Crippen LogP contribution >= 0.6 is 0 Å². The normalized spacial score (nSPS) is 25.9. The van der Waals surface area contributed by atoms with Crippen LogP contribution in [0, 0.1) is 17.8 Å². The van der Waals surface area contributed by atoms with Crippen molar-refractivity contribution in [3.8, 4) is 0 Å². The molecule has 2 aromatic carbocycles. The molecule has 0 saturated heterocycles. The number of carboxylic acids is 1. The van der Waals surface area contributed by atoms with Crippen LogP contribution in [0.2, 0.25) is 0 Å². The highest BCUT2D eigenvalue weighted by atomic mass is 16.5. The lowest BCUT2D eigenvalue weighted by atomic mass is 9.47. The lowest BCUT2D eigenvalue weighted by Crippen LogP contribution is -2.49. The van der Waals surface area contributed by atoms with Gasteiger partial charge in [0, 0.05) is 6.61 Å². The molecule has 4 saturated carbocycles. The summed E-state index contributed by atoms with van der Waals surface area (Å²) in [5, 5.41) is 8.87. The van der Waals surface area contributed by atoms with Gasteiger partial charge in [0.1, 0.15) is 6.61 Å². The van der Waals surface area contributed by atoms with Crippen LogP contribution in [-0.2, 0) is 26.1 Å². The summed E-state index contributed by atoms with van der Waals surface area (Å²) >= 11 is 0. The van der Waals surface area contributed by atoms with Crippen molar-refractivity contribution >= 4 is 23.6 Å². The number of aliphatic carboxylic acids is 1. The molecule has 6 rings (SSSR count). The summed E-state index contributed by atoms with van der Waals surface area (Å²) < 4.78 is 10.4. The zero-order valence-electron chi connectivity index (χ0n) is 22.7. The van der Waals surface area contributed by atoms with Crippen molar-refractivity contribution in [3.05, 3.63) is 70.3 Å². The number of rotatable bonds is 11. The van der Waals surface area contributed by atoms with Gasteiger partial charge in [0.25, 0.3) is 0 Å². The third-order valence-corrected chi connectivity index (χ3v) is 8.94. The van der Waals surface area contributed by atoms with E-state index in [2.05, 4.69) is 31.2 Å². The Morgan fingerprint density at radius 3 is 2.21 bits per heavy atom. The highest BCUT2D eigenvalue weighted by Gasteiger charge is 2.52. The molecule has 0 heterocycles. The average Bonchev–Trinajstić information content (AvgIpc) is 2.88. The molecule has 0 amide bonds. The zero-order chi connectivity index (χ0) is 26.7. The smallest absolute Gasteiger partial charge is 0.338 e. The van der Waals surface area contributed by atoms with Gasteiger partial charge in [-0.15, -0.1) is 0 Å². The van der Waals surface area contributed by atoms with Gasteiger partial charge in [-0.25, -0.2) is 9.59 Å². The summed E-state index contributed by atoms with van der Waals surface area (Å²) in [5.41, 5.74) is 7.30. The number of allylic oxidation sites excluding steroid dienone is 1. The summed E-state index contributed by atoms with van der Waals surface area (Å²) in [6.07, 6.45) is 12.1. The minimum absolute atomic E-state index is 0.231. The molecule has 0 aliphatic heterocycles. The molecule has 4 aliphatic rings. The van der Waals surface area contributed by atoms with Gasteiger partial charge in [-0.2, -0.15) is 0 Å². The number of carboxylic acid groups (broad SMARTS) is 1. The van der Waals surface area contributed by atoms with Crippen molar-refractivity contribution in [1.29, 1.82) is 0 Å². The monoisotopic (exact) mass is 516 g/mol. The second-order valence-electron chi connectivity index (χ2n) is 11.8. The fourth-order valence-corrected chi connectivity index (χ4v) is 7.76. The predicted octanol–water partition coefficient (Wildman–Crippen LogP) is 6.93. The minimum atomic E-state index is -0.915. The molecule has 0 spiro atoms. The maximum atomic E-state index is 12.0. The van der Waals surface area contributed by atoms with E-state index in [-0.39, 0.29) is 18.0 Å². The van der Waals surface area contributed by atoms with Crippen LogP contribution in [0.5, 0.6) is 0 Å². The predicted molar refractivity (Wildman–Crippen MR) is 149 cm³/mol. The van der Waals surface area contributed by atoms with Crippen molar-refractivity contribution in [2.75, 3.05) is 19.8 Å². The standard InChI is InChI=1S/C33H40O5/c1-3-38-32(36)28-8-6-23(7-9-28)13-22(2)29-11-10-27(5-4-12-37-21-31(34)35)30(17-29)33-18-24-14-25(19-33)16-26(15-24)20-33/h6-11,13,17,24-26H,3-5,12,14-16,18-21H2,1-2H3,(H,34,35). The Labute approximate surface area is 226 Å². The second kappa shape index (κ2) is 11.4. The molecular weight excluding hydrogens is 476 g/mol. The van der Waals surface area contributed by atoms with Crippen LogP contribution in [0.4, 0.5) is 0 Å². The van der Waals surface area contributed by atoms with Crippen molar-refractivity contribution in [3.63, 3.8) is 0 Å². The van der Waals surface area contributed by atoms with Crippen molar-refractivity contribution in [1.82, 2.24) is 0 Å². The van der Waals surface area contributed by atoms with E-state index in [1.165, 1.54) is 60.8 Å². The third-order valence-electron chi connectivity index (χ3n) is 8.94. The number of aryl methyl sites for hydroxylation is 1. The molecule has 0 aromatic heterocycles. The van der Waals surface area contributed by atoms with Gasteiger partial charge in [0.15, 0.2) is 0 Å². The van der Waals surface area contributed by atoms with E-state index in [1.54, 1.807) is 0 Å². The molecule has 0 atom stereocenters. The van der Waals surface area contributed by atoms with Gasteiger partial charge >= 0.3 is 11.9 Å². The number of hydrogen-bond acceptors (Lipinski definition) is 4. The van der Waals surface area contributed by atoms with E-state index in [9.17, 15) is 9.59 Å². The molecule has 38 heavy (non-hydrogen) atoms. The number of hydrogen-bond donors (Lipinski definition) is 1. The lowest BCUT2D eigenvalue weighted by Gasteiger charge is -2.57. The first-order valence-electron chi connectivity index (χ1n) is 14.2. The fraction of sp³-hybridized carbons (Fsp3) is 0.515. The Kier molecular flexibility index (Phi) is 8.04. The third kappa shape index (κ3) is 5.88. The summed E-state index contributed by atoms with van der Waals surface area (Å²) in [6, 6.07) is 14.6. The maximum Gasteiger partial charge on any atom is 0.338 e. The van der Waals surface area contributed by atoms with Crippen LogP contribution in [0.25, 0.3) is 11.6 Å². The molecule has 1 N–H and O–H groups in total. The first-order valence-corrected chi connectivity index (χ1v) is 14.2. The molecule has 202 valence electrons. The number of carbonyl (C=O) groups excluding carboxylic acids is 1. The van der Waals surface area contributed by atoms with Crippen LogP contribution in [0.3, 0.4) is 0 Å². The molecule has 0 unspecified atom stereocenters. The van der Waals surface area contributed by atoms with Gasteiger partial charge in [-0.05, 0) is 128 Å². The summed E-state index contributed by atoms with van der Waals surface area (Å²) in [6.45, 7) is 4.59. The molecule has 4 aliphatic carbocycles. The topological polar surface area (TPSA) is 72.8 Å². The van der Waals surface area contributed by atoms with Gasteiger partial charge < -0.3 is 14.6 Å². The van der Waals surface area contributed by atoms with E-state index in [4.69, 9.17) is 14.6 Å².